The van der Waals surface area contributed by atoms with Crippen molar-refractivity contribution in [2.75, 3.05) is 23.7 Å². The Kier molecular flexibility index (Phi) is 11.9. The zero-order chi connectivity index (χ0) is 23.9. The molecule has 1 atom stereocenters. The molecule has 0 aliphatic rings. The van der Waals surface area contributed by atoms with E-state index in [2.05, 4.69) is 47.2 Å². The second kappa shape index (κ2) is 14.9. The van der Waals surface area contributed by atoms with Crippen molar-refractivity contribution < 1.29 is 9.59 Å². The van der Waals surface area contributed by atoms with E-state index in [-0.39, 0.29) is 12.1 Å². The summed E-state index contributed by atoms with van der Waals surface area (Å²) in [5, 5.41) is 11.6. The number of urea groups is 2. The highest BCUT2D eigenvalue weighted by atomic mass is 16.2. The van der Waals surface area contributed by atoms with Gasteiger partial charge in [-0.05, 0) is 61.8 Å². The SMILES string of the molecule is CCCCC(CC)CNC(=O)Nc1cc(NC(=O)NCCCCc2ccccc2)ccc1C. The Balaban J connectivity index is 1.74. The molecule has 0 spiro atoms. The van der Waals surface area contributed by atoms with Crippen molar-refractivity contribution in [3.8, 4) is 0 Å². The van der Waals surface area contributed by atoms with Crippen molar-refractivity contribution >= 4 is 23.4 Å². The minimum absolute atomic E-state index is 0.215. The Hall–Kier alpha value is -3.02. The van der Waals surface area contributed by atoms with Gasteiger partial charge >= 0.3 is 12.1 Å². The molecule has 4 N–H and O–H groups in total. The number of unbranched alkanes of at least 4 members (excludes halogenated alkanes) is 2. The van der Waals surface area contributed by atoms with Crippen molar-refractivity contribution in [1.82, 2.24) is 10.6 Å². The zero-order valence-electron chi connectivity index (χ0n) is 20.4. The van der Waals surface area contributed by atoms with Crippen LogP contribution >= 0.6 is 0 Å². The molecule has 0 heterocycles. The van der Waals surface area contributed by atoms with Crippen molar-refractivity contribution in [1.29, 1.82) is 0 Å². The van der Waals surface area contributed by atoms with E-state index in [0.717, 1.165) is 37.7 Å². The first-order valence-electron chi connectivity index (χ1n) is 12.3. The summed E-state index contributed by atoms with van der Waals surface area (Å²) in [6.07, 6.45) is 7.49. The highest BCUT2D eigenvalue weighted by Crippen LogP contribution is 2.20. The Bertz CT molecular complexity index is 854. The fraction of sp³-hybridized carbons (Fsp3) is 0.481. The van der Waals surface area contributed by atoms with Crippen LogP contribution in [0.5, 0.6) is 0 Å². The maximum absolute atomic E-state index is 12.4. The van der Waals surface area contributed by atoms with E-state index in [4.69, 9.17) is 0 Å². The van der Waals surface area contributed by atoms with Gasteiger partial charge in [-0.15, -0.1) is 0 Å². The van der Waals surface area contributed by atoms with Gasteiger partial charge in [-0.1, -0.05) is 69.5 Å². The first-order valence-corrected chi connectivity index (χ1v) is 12.3. The van der Waals surface area contributed by atoms with E-state index >= 15 is 0 Å². The van der Waals surface area contributed by atoms with Crippen LogP contribution in [0, 0.1) is 12.8 Å². The summed E-state index contributed by atoms with van der Waals surface area (Å²) in [6, 6.07) is 15.4. The minimum Gasteiger partial charge on any atom is -0.338 e. The second-order valence-electron chi connectivity index (χ2n) is 8.60. The molecular formula is C27H40N4O2. The highest BCUT2D eigenvalue weighted by molar-refractivity contribution is 5.93. The van der Waals surface area contributed by atoms with Crippen molar-refractivity contribution in [3.63, 3.8) is 0 Å². The van der Waals surface area contributed by atoms with E-state index in [0.29, 0.717) is 30.4 Å². The predicted octanol–water partition coefficient (Wildman–Crippen LogP) is 6.48. The van der Waals surface area contributed by atoms with Gasteiger partial charge < -0.3 is 21.3 Å². The third kappa shape index (κ3) is 10.4. The Morgan fingerprint density at radius 2 is 1.64 bits per heavy atom. The van der Waals surface area contributed by atoms with Gasteiger partial charge in [0.2, 0.25) is 0 Å². The smallest absolute Gasteiger partial charge is 0.319 e. The number of anilines is 2. The fourth-order valence-electron chi connectivity index (χ4n) is 3.66. The summed E-state index contributed by atoms with van der Waals surface area (Å²) < 4.78 is 0. The van der Waals surface area contributed by atoms with Gasteiger partial charge in [0.25, 0.3) is 0 Å². The molecule has 0 aromatic heterocycles. The summed E-state index contributed by atoms with van der Waals surface area (Å²) in [7, 11) is 0. The summed E-state index contributed by atoms with van der Waals surface area (Å²) in [6.45, 7) is 7.57. The average molecular weight is 453 g/mol. The third-order valence-corrected chi connectivity index (χ3v) is 5.86. The lowest BCUT2D eigenvalue weighted by Gasteiger charge is -2.17. The number of hydrogen-bond donors (Lipinski definition) is 4. The monoisotopic (exact) mass is 452 g/mol. The third-order valence-electron chi connectivity index (χ3n) is 5.86. The van der Waals surface area contributed by atoms with E-state index in [1.807, 2.05) is 37.3 Å². The van der Waals surface area contributed by atoms with Crippen LogP contribution in [0.2, 0.25) is 0 Å². The van der Waals surface area contributed by atoms with E-state index in [1.54, 1.807) is 6.07 Å². The van der Waals surface area contributed by atoms with Gasteiger partial charge in [0, 0.05) is 24.5 Å². The molecule has 2 rings (SSSR count). The van der Waals surface area contributed by atoms with Crippen LogP contribution in [-0.2, 0) is 6.42 Å². The second-order valence-corrected chi connectivity index (χ2v) is 8.60. The molecule has 180 valence electrons. The molecule has 1 unspecified atom stereocenters. The van der Waals surface area contributed by atoms with E-state index in [1.165, 1.54) is 18.4 Å². The highest BCUT2D eigenvalue weighted by Gasteiger charge is 2.10. The van der Waals surface area contributed by atoms with Gasteiger partial charge in [-0.3, -0.25) is 0 Å². The molecule has 0 saturated carbocycles. The van der Waals surface area contributed by atoms with Gasteiger partial charge in [0.05, 0.1) is 0 Å². The van der Waals surface area contributed by atoms with Crippen LogP contribution in [0.25, 0.3) is 0 Å². The lowest BCUT2D eigenvalue weighted by Crippen LogP contribution is -2.33. The van der Waals surface area contributed by atoms with Gasteiger partial charge in [0.15, 0.2) is 0 Å². The van der Waals surface area contributed by atoms with Crippen molar-refractivity contribution in [2.24, 2.45) is 5.92 Å². The maximum Gasteiger partial charge on any atom is 0.319 e. The molecule has 0 radical (unpaired) electrons. The van der Waals surface area contributed by atoms with Crippen LogP contribution < -0.4 is 21.3 Å². The first kappa shape index (κ1) is 26.2. The largest absolute Gasteiger partial charge is 0.338 e. The quantitative estimate of drug-likeness (QED) is 0.262. The van der Waals surface area contributed by atoms with Crippen LogP contribution in [0.1, 0.15) is 63.5 Å². The molecule has 6 nitrogen and oxygen atoms in total. The van der Waals surface area contributed by atoms with Crippen LogP contribution in [0.15, 0.2) is 48.5 Å². The summed E-state index contributed by atoms with van der Waals surface area (Å²) in [4.78, 5) is 24.6. The molecule has 0 bridgehead atoms. The fourth-order valence-corrected chi connectivity index (χ4v) is 3.66. The standard InChI is InChI=1S/C27H40N4O2/c1-4-6-12-22(5-2)20-29-27(33)31-25-19-24(17-16-21(25)3)30-26(32)28-18-11-10-15-23-13-8-7-9-14-23/h7-9,13-14,16-17,19,22H,4-6,10-12,15,18,20H2,1-3H3,(H2,28,30,32)(H2,29,31,33). The molecule has 0 aliphatic carbocycles. The molecule has 2 aromatic rings. The maximum atomic E-state index is 12.4. The Morgan fingerprint density at radius 1 is 0.879 bits per heavy atom. The summed E-state index contributed by atoms with van der Waals surface area (Å²) in [5.74, 6) is 0.501. The molecule has 2 aromatic carbocycles. The number of benzene rings is 2. The van der Waals surface area contributed by atoms with Gasteiger partial charge in [0.1, 0.15) is 0 Å². The number of hydrogen-bond acceptors (Lipinski definition) is 2. The van der Waals surface area contributed by atoms with Crippen LogP contribution in [0.4, 0.5) is 21.0 Å². The van der Waals surface area contributed by atoms with E-state index in [9.17, 15) is 9.59 Å². The summed E-state index contributed by atoms with van der Waals surface area (Å²) in [5.41, 5.74) is 3.59. The van der Waals surface area contributed by atoms with E-state index < -0.39 is 0 Å². The van der Waals surface area contributed by atoms with Crippen LogP contribution in [-0.4, -0.2) is 25.2 Å². The molecule has 0 saturated heterocycles. The first-order chi connectivity index (χ1) is 16.0. The molecule has 33 heavy (non-hydrogen) atoms. The lowest BCUT2D eigenvalue weighted by atomic mass is 9.99. The topological polar surface area (TPSA) is 82.3 Å². The minimum atomic E-state index is -0.240. The molecule has 0 fully saturated rings. The number of carbonyl (C=O) groups is 2. The zero-order valence-corrected chi connectivity index (χ0v) is 20.4. The van der Waals surface area contributed by atoms with Crippen molar-refractivity contribution in [2.45, 2.75) is 65.7 Å². The number of rotatable bonds is 13. The van der Waals surface area contributed by atoms with Crippen molar-refractivity contribution in [3.05, 3.63) is 59.7 Å². The summed E-state index contributed by atoms with van der Waals surface area (Å²) >= 11 is 0. The lowest BCUT2D eigenvalue weighted by molar-refractivity contribution is 0.249. The molecule has 6 heteroatoms. The average Bonchev–Trinajstić information content (AvgIpc) is 2.82. The Labute approximate surface area is 198 Å². The molecule has 0 aliphatic heterocycles. The number of amides is 4. The molecular weight excluding hydrogens is 412 g/mol. The normalized spacial score (nSPS) is 11.5. The predicted molar refractivity (Wildman–Crippen MR) is 138 cm³/mol. The number of aryl methyl sites for hydroxylation is 2. The number of carbonyl (C=O) groups excluding carboxylic acids is 2. The Morgan fingerprint density at radius 3 is 2.36 bits per heavy atom. The molecule has 4 amide bonds. The van der Waals surface area contributed by atoms with Gasteiger partial charge in [-0.2, -0.15) is 0 Å². The number of nitrogens with one attached hydrogen (secondary N) is 4. The van der Waals surface area contributed by atoms with Gasteiger partial charge in [-0.25, -0.2) is 9.59 Å². The van der Waals surface area contributed by atoms with Crippen LogP contribution in [0.3, 0.4) is 0 Å².